The third kappa shape index (κ3) is 3.82. The van der Waals surface area contributed by atoms with Crippen LogP contribution in [0.5, 0.6) is 0 Å². The molecule has 1 heterocycles. The minimum atomic E-state index is -0.358. The summed E-state index contributed by atoms with van der Waals surface area (Å²) in [4.78, 5) is 2.50. The molecule has 1 unspecified atom stereocenters. The fourth-order valence-electron chi connectivity index (χ4n) is 2.95. The molecule has 2 rings (SSSR count). The van der Waals surface area contributed by atoms with Crippen LogP contribution in [0.4, 0.5) is 0 Å². The summed E-state index contributed by atoms with van der Waals surface area (Å²) in [5.41, 5.74) is 2.59. The fraction of sp³-hybridized carbons (Fsp3) is 0.588. The Hall–Kier alpha value is -1.37. The van der Waals surface area contributed by atoms with E-state index in [0.717, 1.165) is 45.4 Å². The highest BCUT2D eigenvalue weighted by molar-refractivity contribution is 5.30. The number of unbranched alkanes of at least 4 members (excludes halogenated alkanes) is 1. The van der Waals surface area contributed by atoms with E-state index in [4.69, 9.17) is 0 Å². The normalized spacial score (nSPS) is 17.4. The summed E-state index contributed by atoms with van der Waals surface area (Å²) >= 11 is 0. The summed E-state index contributed by atoms with van der Waals surface area (Å²) in [5.74, 6) is 0. The van der Waals surface area contributed by atoms with Gasteiger partial charge in [0, 0.05) is 13.1 Å². The Kier molecular flexibility index (Phi) is 5.17. The maximum absolute atomic E-state index is 9.22. The molecule has 0 amide bonds. The van der Waals surface area contributed by atoms with Crippen molar-refractivity contribution in [2.45, 2.75) is 51.7 Å². The van der Waals surface area contributed by atoms with Crippen LogP contribution in [0.15, 0.2) is 24.3 Å². The molecule has 20 heavy (non-hydrogen) atoms. The minimum absolute atomic E-state index is 0.358. The van der Waals surface area contributed by atoms with Gasteiger partial charge < -0.3 is 0 Å². The van der Waals surface area contributed by atoms with E-state index in [2.05, 4.69) is 47.5 Å². The number of nitrogens with zero attached hydrogens (tertiary/aromatic N) is 2. The van der Waals surface area contributed by atoms with Crippen molar-refractivity contribution in [3.8, 4) is 6.07 Å². The molecule has 0 aliphatic carbocycles. The van der Waals surface area contributed by atoms with Gasteiger partial charge in [-0.15, -0.1) is 0 Å². The largest absolute Gasteiger partial charge is 0.300 e. The Balaban J connectivity index is 1.70. The van der Waals surface area contributed by atoms with Crippen LogP contribution in [0.25, 0.3) is 0 Å². The molecule has 1 N–H and O–H groups in total. The second-order valence-corrected chi connectivity index (χ2v) is 5.91. The Morgan fingerprint density at radius 1 is 1.25 bits per heavy atom. The molecule has 108 valence electrons. The van der Waals surface area contributed by atoms with Crippen molar-refractivity contribution >= 4 is 0 Å². The Labute approximate surface area is 122 Å². The van der Waals surface area contributed by atoms with Crippen LogP contribution in [0.2, 0.25) is 0 Å². The van der Waals surface area contributed by atoms with E-state index in [1.165, 1.54) is 11.1 Å². The first-order valence-corrected chi connectivity index (χ1v) is 7.62. The predicted octanol–water partition coefficient (Wildman–Crippen LogP) is 3.06. The van der Waals surface area contributed by atoms with Gasteiger partial charge in [0.2, 0.25) is 0 Å². The standard InChI is InChI=1S/C17H25N3/c1-3-19-17(2,14-18)10-6-7-11-20-12-15-8-4-5-9-16(15)13-20/h4-5,8-9,19H,3,6-7,10-13H2,1-2H3. The first kappa shape index (κ1) is 15.0. The molecule has 0 radical (unpaired) electrons. The van der Waals surface area contributed by atoms with Gasteiger partial charge in [-0.2, -0.15) is 5.26 Å². The van der Waals surface area contributed by atoms with Gasteiger partial charge in [-0.1, -0.05) is 31.2 Å². The van der Waals surface area contributed by atoms with Crippen molar-refractivity contribution in [2.75, 3.05) is 13.1 Å². The number of hydrogen-bond acceptors (Lipinski definition) is 3. The second kappa shape index (κ2) is 6.88. The van der Waals surface area contributed by atoms with Gasteiger partial charge in [0.1, 0.15) is 5.54 Å². The molecule has 0 bridgehead atoms. The Morgan fingerprint density at radius 2 is 1.90 bits per heavy atom. The number of nitriles is 1. The maximum Gasteiger partial charge on any atom is 0.103 e. The molecule has 3 nitrogen and oxygen atoms in total. The Bertz CT molecular complexity index is 452. The minimum Gasteiger partial charge on any atom is -0.300 e. The van der Waals surface area contributed by atoms with E-state index in [0.29, 0.717) is 0 Å². The van der Waals surface area contributed by atoms with Crippen molar-refractivity contribution < 1.29 is 0 Å². The number of benzene rings is 1. The number of hydrogen-bond donors (Lipinski definition) is 1. The molecular weight excluding hydrogens is 246 g/mol. The number of rotatable bonds is 7. The van der Waals surface area contributed by atoms with Gasteiger partial charge in [-0.05, 0) is 50.4 Å². The molecule has 0 saturated carbocycles. The predicted molar refractivity (Wildman–Crippen MR) is 82.1 cm³/mol. The van der Waals surface area contributed by atoms with E-state index in [1.807, 2.05) is 6.92 Å². The molecular formula is C17H25N3. The van der Waals surface area contributed by atoms with Crippen molar-refractivity contribution in [3.63, 3.8) is 0 Å². The first-order valence-electron chi connectivity index (χ1n) is 7.62. The van der Waals surface area contributed by atoms with Crippen molar-refractivity contribution in [2.24, 2.45) is 0 Å². The smallest absolute Gasteiger partial charge is 0.103 e. The highest BCUT2D eigenvalue weighted by Gasteiger charge is 2.22. The van der Waals surface area contributed by atoms with E-state index >= 15 is 0 Å². The molecule has 1 aliphatic rings. The zero-order valence-electron chi connectivity index (χ0n) is 12.7. The van der Waals surface area contributed by atoms with E-state index in [1.54, 1.807) is 0 Å². The van der Waals surface area contributed by atoms with E-state index in [9.17, 15) is 5.26 Å². The van der Waals surface area contributed by atoms with Crippen molar-refractivity contribution in [1.29, 1.82) is 5.26 Å². The second-order valence-electron chi connectivity index (χ2n) is 5.91. The topological polar surface area (TPSA) is 39.1 Å². The average molecular weight is 271 g/mol. The highest BCUT2D eigenvalue weighted by Crippen LogP contribution is 2.22. The van der Waals surface area contributed by atoms with Gasteiger partial charge in [0.05, 0.1) is 6.07 Å². The van der Waals surface area contributed by atoms with Crippen LogP contribution < -0.4 is 5.32 Å². The average Bonchev–Trinajstić information content (AvgIpc) is 2.87. The van der Waals surface area contributed by atoms with Gasteiger partial charge in [0.25, 0.3) is 0 Å². The van der Waals surface area contributed by atoms with Crippen molar-refractivity contribution in [1.82, 2.24) is 10.2 Å². The number of nitrogens with one attached hydrogen (secondary N) is 1. The highest BCUT2D eigenvalue weighted by atomic mass is 15.1. The quantitative estimate of drug-likeness (QED) is 0.775. The van der Waals surface area contributed by atoms with Gasteiger partial charge in [0.15, 0.2) is 0 Å². The molecule has 1 aromatic rings. The maximum atomic E-state index is 9.22. The molecule has 0 fully saturated rings. The van der Waals surface area contributed by atoms with Crippen LogP contribution in [-0.2, 0) is 13.1 Å². The zero-order valence-corrected chi connectivity index (χ0v) is 12.7. The summed E-state index contributed by atoms with van der Waals surface area (Å²) in [5, 5.41) is 12.5. The third-order valence-corrected chi connectivity index (χ3v) is 4.12. The van der Waals surface area contributed by atoms with E-state index in [-0.39, 0.29) is 5.54 Å². The molecule has 1 aromatic carbocycles. The molecule has 3 heteroatoms. The lowest BCUT2D eigenvalue weighted by atomic mass is 9.96. The lowest BCUT2D eigenvalue weighted by Gasteiger charge is -2.23. The third-order valence-electron chi connectivity index (χ3n) is 4.12. The monoisotopic (exact) mass is 271 g/mol. The van der Waals surface area contributed by atoms with Gasteiger partial charge in [-0.25, -0.2) is 0 Å². The number of fused-ring (bicyclic) bond motifs is 1. The summed E-state index contributed by atoms with van der Waals surface area (Å²) in [6, 6.07) is 11.1. The zero-order chi connectivity index (χ0) is 14.4. The lowest BCUT2D eigenvalue weighted by molar-refractivity contribution is 0.271. The van der Waals surface area contributed by atoms with Gasteiger partial charge >= 0.3 is 0 Å². The molecule has 0 aromatic heterocycles. The molecule has 1 aliphatic heterocycles. The van der Waals surface area contributed by atoms with Crippen LogP contribution in [-0.4, -0.2) is 23.5 Å². The molecule has 0 saturated heterocycles. The molecule has 0 spiro atoms. The van der Waals surface area contributed by atoms with Crippen LogP contribution in [0.1, 0.15) is 44.2 Å². The summed E-state index contributed by atoms with van der Waals surface area (Å²) < 4.78 is 0. The van der Waals surface area contributed by atoms with Gasteiger partial charge in [-0.3, -0.25) is 10.2 Å². The Morgan fingerprint density at radius 3 is 2.45 bits per heavy atom. The van der Waals surface area contributed by atoms with E-state index < -0.39 is 0 Å². The fourth-order valence-corrected chi connectivity index (χ4v) is 2.95. The van der Waals surface area contributed by atoms with Crippen molar-refractivity contribution in [3.05, 3.63) is 35.4 Å². The summed E-state index contributed by atoms with van der Waals surface area (Å²) in [6.45, 7) is 8.20. The SMILES string of the molecule is CCNC(C)(C#N)CCCCN1Cc2ccccc2C1. The molecule has 1 atom stereocenters. The summed E-state index contributed by atoms with van der Waals surface area (Å²) in [7, 11) is 0. The van der Waals surface area contributed by atoms with Crippen LogP contribution in [0.3, 0.4) is 0 Å². The lowest BCUT2D eigenvalue weighted by Crippen LogP contribution is -2.40. The summed E-state index contributed by atoms with van der Waals surface area (Å²) in [6.07, 6.45) is 3.19. The van der Waals surface area contributed by atoms with Crippen LogP contribution >= 0.6 is 0 Å². The first-order chi connectivity index (χ1) is 9.67. The van der Waals surface area contributed by atoms with Crippen LogP contribution in [0, 0.1) is 11.3 Å².